The molecule has 68 valence electrons. The molecule has 0 aliphatic rings. The lowest BCUT2D eigenvalue weighted by atomic mass is 10.3. The first-order valence-corrected chi connectivity index (χ1v) is 4.73. The van der Waals surface area contributed by atoms with Crippen molar-refractivity contribution in [3.8, 4) is 0 Å². The van der Waals surface area contributed by atoms with Gasteiger partial charge in [0.15, 0.2) is 0 Å². The highest BCUT2D eigenvalue weighted by Gasteiger charge is 2.08. The Bertz CT molecular complexity index is 455. The summed E-state index contributed by atoms with van der Waals surface area (Å²) in [5.41, 5.74) is 1.26. The van der Waals surface area contributed by atoms with E-state index >= 15 is 0 Å². The molecule has 0 aliphatic heterocycles. The highest BCUT2D eigenvalue weighted by Crippen LogP contribution is 2.18. The molecule has 13 heavy (non-hydrogen) atoms. The van der Waals surface area contributed by atoms with Gasteiger partial charge in [-0.15, -0.1) is 0 Å². The van der Waals surface area contributed by atoms with Crippen LogP contribution in [0.25, 0.3) is 5.52 Å². The standard InChI is InChI=1S/C8H6FIN2O/c9-5-1-2-12-7(3-5)8(10)6(4-13)11-12/h1-3,13H,4H2. The molecule has 0 amide bonds. The van der Waals surface area contributed by atoms with Gasteiger partial charge in [-0.25, -0.2) is 8.91 Å². The zero-order valence-electron chi connectivity index (χ0n) is 6.54. The van der Waals surface area contributed by atoms with E-state index in [4.69, 9.17) is 5.11 Å². The Morgan fingerprint density at radius 1 is 1.62 bits per heavy atom. The lowest BCUT2D eigenvalue weighted by molar-refractivity contribution is 0.275. The number of pyridine rings is 1. The molecule has 0 aromatic carbocycles. The molecule has 2 aromatic heterocycles. The van der Waals surface area contributed by atoms with Crippen LogP contribution in [0, 0.1) is 9.39 Å². The smallest absolute Gasteiger partial charge is 0.126 e. The Morgan fingerprint density at radius 2 is 2.38 bits per heavy atom. The number of aromatic nitrogens is 2. The molecule has 0 saturated heterocycles. The van der Waals surface area contributed by atoms with Gasteiger partial charge in [-0.3, -0.25) is 0 Å². The average molecular weight is 292 g/mol. The molecule has 0 saturated carbocycles. The van der Waals surface area contributed by atoms with Gasteiger partial charge in [0.1, 0.15) is 11.5 Å². The summed E-state index contributed by atoms with van der Waals surface area (Å²) in [6, 6.07) is 2.73. The van der Waals surface area contributed by atoms with Gasteiger partial charge >= 0.3 is 0 Å². The van der Waals surface area contributed by atoms with Crippen LogP contribution in [0.5, 0.6) is 0 Å². The molecular weight excluding hydrogens is 286 g/mol. The summed E-state index contributed by atoms with van der Waals surface area (Å²) in [7, 11) is 0. The fourth-order valence-electron chi connectivity index (χ4n) is 1.14. The van der Waals surface area contributed by atoms with Crippen LogP contribution in [0.3, 0.4) is 0 Å². The van der Waals surface area contributed by atoms with E-state index in [1.165, 1.54) is 18.3 Å². The Morgan fingerprint density at radius 3 is 3.08 bits per heavy atom. The molecule has 0 aliphatic carbocycles. The molecule has 1 N–H and O–H groups in total. The summed E-state index contributed by atoms with van der Waals surface area (Å²) in [6.45, 7) is -0.123. The Kier molecular flexibility index (Phi) is 2.20. The first-order chi connectivity index (χ1) is 6.22. The van der Waals surface area contributed by atoms with Crippen molar-refractivity contribution in [3.63, 3.8) is 0 Å². The third kappa shape index (κ3) is 1.42. The van der Waals surface area contributed by atoms with Crippen LogP contribution in [-0.4, -0.2) is 14.7 Å². The van der Waals surface area contributed by atoms with E-state index in [0.717, 1.165) is 3.57 Å². The molecule has 2 rings (SSSR count). The minimum Gasteiger partial charge on any atom is -0.390 e. The second-order valence-corrected chi connectivity index (χ2v) is 3.67. The Balaban J connectivity index is 2.77. The quantitative estimate of drug-likeness (QED) is 0.810. The van der Waals surface area contributed by atoms with Gasteiger partial charge in [-0.05, 0) is 28.7 Å². The van der Waals surface area contributed by atoms with Crippen molar-refractivity contribution in [2.75, 3.05) is 0 Å². The highest BCUT2D eigenvalue weighted by atomic mass is 127. The van der Waals surface area contributed by atoms with Crippen LogP contribution < -0.4 is 0 Å². The fourth-order valence-corrected chi connectivity index (χ4v) is 1.82. The van der Waals surface area contributed by atoms with Crippen LogP contribution >= 0.6 is 22.6 Å². The van der Waals surface area contributed by atoms with Gasteiger partial charge in [0, 0.05) is 12.3 Å². The lowest BCUT2D eigenvalue weighted by Crippen LogP contribution is -1.88. The van der Waals surface area contributed by atoms with E-state index in [1.54, 1.807) is 4.52 Å². The third-order valence-corrected chi connectivity index (χ3v) is 2.93. The van der Waals surface area contributed by atoms with Crippen molar-refractivity contribution < 1.29 is 9.50 Å². The topological polar surface area (TPSA) is 37.5 Å². The van der Waals surface area contributed by atoms with Gasteiger partial charge in [0.05, 0.1) is 15.7 Å². The predicted molar refractivity (Wildman–Crippen MR) is 53.8 cm³/mol. The minimum absolute atomic E-state index is 0.123. The average Bonchev–Trinajstić information content (AvgIpc) is 2.44. The predicted octanol–water partition coefficient (Wildman–Crippen LogP) is 1.57. The normalized spacial score (nSPS) is 11.0. The maximum atomic E-state index is 12.8. The van der Waals surface area contributed by atoms with Crippen molar-refractivity contribution in [3.05, 3.63) is 33.4 Å². The zero-order valence-corrected chi connectivity index (χ0v) is 8.69. The van der Waals surface area contributed by atoms with E-state index in [9.17, 15) is 4.39 Å². The van der Waals surface area contributed by atoms with Gasteiger partial charge < -0.3 is 5.11 Å². The van der Waals surface area contributed by atoms with Crippen molar-refractivity contribution >= 4 is 28.1 Å². The van der Waals surface area contributed by atoms with Gasteiger partial charge in [0.25, 0.3) is 0 Å². The van der Waals surface area contributed by atoms with Crippen molar-refractivity contribution in [1.82, 2.24) is 9.61 Å². The van der Waals surface area contributed by atoms with E-state index < -0.39 is 0 Å². The molecule has 2 aromatic rings. The third-order valence-electron chi connectivity index (χ3n) is 1.75. The van der Waals surface area contributed by atoms with Crippen molar-refractivity contribution in [1.29, 1.82) is 0 Å². The van der Waals surface area contributed by atoms with Gasteiger partial charge in [-0.2, -0.15) is 5.10 Å². The van der Waals surface area contributed by atoms with Crippen LogP contribution in [0.1, 0.15) is 5.69 Å². The van der Waals surface area contributed by atoms with Crippen LogP contribution in [0.2, 0.25) is 0 Å². The second-order valence-electron chi connectivity index (χ2n) is 2.59. The number of aliphatic hydroxyl groups is 1. The van der Waals surface area contributed by atoms with Crippen LogP contribution in [0.4, 0.5) is 4.39 Å². The fraction of sp³-hybridized carbons (Fsp3) is 0.125. The van der Waals surface area contributed by atoms with Crippen molar-refractivity contribution in [2.24, 2.45) is 0 Å². The van der Waals surface area contributed by atoms with Crippen molar-refractivity contribution in [2.45, 2.75) is 6.61 Å². The first kappa shape index (κ1) is 8.89. The summed E-state index contributed by atoms with van der Waals surface area (Å²) in [4.78, 5) is 0. The number of hydrogen-bond acceptors (Lipinski definition) is 2. The summed E-state index contributed by atoms with van der Waals surface area (Å²) in [5, 5.41) is 13.0. The maximum Gasteiger partial charge on any atom is 0.126 e. The molecule has 3 nitrogen and oxygen atoms in total. The molecule has 0 radical (unpaired) electrons. The Labute approximate surface area is 87.3 Å². The number of halogens is 2. The van der Waals surface area contributed by atoms with Gasteiger partial charge in [-0.1, -0.05) is 0 Å². The zero-order chi connectivity index (χ0) is 9.42. The number of aliphatic hydroxyl groups excluding tert-OH is 1. The van der Waals surface area contributed by atoms with Gasteiger partial charge in [0.2, 0.25) is 0 Å². The molecule has 0 unspecified atom stereocenters. The molecule has 2 heterocycles. The Hall–Kier alpha value is -0.690. The molecule has 5 heteroatoms. The SMILES string of the molecule is OCc1nn2ccc(F)cc2c1I. The van der Waals surface area contributed by atoms with E-state index in [2.05, 4.69) is 5.10 Å². The number of nitrogens with zero attached hydrogens (tertiary/aromatic N) is 2. The molecule has 0 fully saturated rings. The lowest BCUT2D eigenvalue weighted by Gasteiger charge is -1.91. The summed E-state index contributed by atoms with van der Waals surface area (Å²) >= 11 is 2.04. The van der Waals surface area contributed by atoms with Crippen LogP contribution in [0.15, 0.2) is 18.3 Å². The first-order valence-electron chi connectivity index (χ1n) is 3.65. The number of fused-ring (bicyclic) bond motifs is 1. The number of rotatable bonds is 1. The highest BCUT2D eigenvalue weighted by molar-refractivity contribution is 14.1. The van der Waals surface area contributed by atoms with E-state index in [0.29, 0.717) is 11.2 Å². The summed E-state index contributed by atoms with van der Waals surface area (Å²) in [6.07, 6.45) is 1.53. The monoisotopic (exact) mass is 292 g/mol. The molecule has 0 atom stereocenters. The number of hydrogen-bond donors (Lipinski definition) is 1. The molecule has 0 bridgehead atoms. The molecular formula is C8H6FIN2O. The second kappa shape index (κ2) is 3.22. The largest absolute Gasteiger partial charge is 0.390 e. The minimum atomic E-state index is -0.296. The molecule has 0 spiro atoms. The van der Waals surface area contributed by atoms with E-state index in [1.807, 2.05) is 22.6 Å². The summed E-state index contributed by atoms with van der Waals surface area (Å²) < 4.78 is 15.2. The van der Waals surface area contributed by atoms with Crippen LogP contribution in [-0.2, 0) is 6.61 Å². The maximum absolute atomic E-state index is 12.8. The van der Waals surface area contributed by atoms with E-state index in [-0.39, 0.29) is 12.4 Å². The summed E-state index contributed by atoms with van der Waals surface area (Å²) in [5.74, 6) is -0.296.